The molecule has 0 spiro atoms. The monoisotopic (exact) mass is 518 g/mol. The Bertz CT molecular complexity index is 739. The number of aromatic nitrogens is 1. The van der Waals surface area contributed by atoms with Crippen molar-refractivity contribution in [2.45, 2.75) is 33.4 Å². The van der Waals surface area contributed by atoms with E-state index in [2.05, 4.69) is 32.5 Å². The van der Waals surface area contributed by atoms with Crippen molar-refractivity contribution in [3.63, 3.8) is 0 Å². The number of thiazole rings is 1. The largest absolute Gasteiger partial charge is 0.491 e. The summed E-state index contributed by atoms with van der Waals surface area (Å²) in [5.74, 6) is 1.76. The molecule has 2 rings (SSSR count). The summed E-state index contributed by atoms with van der Waals surface area (Å²) in [6, 6.07) is 8.02. The minimum Gasteiger partial charge on any atom is -0.491 e. The molecule has 156 valence electrons. The molecule has 1 heterocycles. The first-order chi connectivity index (χ1) is 13.0. The van der Waals surface area contributed by atoms with Gasteiger partial charge in [0, 0.05) is 26.1 Å². The second-order valence-electron chi connectivity index (χ2n) is 6.26. The number of para-hydroxylation sites is 1. The van der Waals surface area contributed by atoms with Crippen molar-refractivity contribution in [1.82, 2.24) is 15.2 Å². The van der Waals surface area contributed by atoms with Crippen LogP contribution in [0, 0.1) is 6.92 Å². The molecule has 0 saturated heterocycles. The number of halogens is 1. The van der Waals surface area contributed by atoms with Crippen molar-refractivity contribution in [2.75, 3.05) is 33.9 Å². The van der Waals surface area contributed by atoms with Crippen LogP contribution in [-0.2, 0) is 11.3 Å². The summed E-state index contributed by atoms with van der Waals surface area (Å²) in [6.07, 6.45) is 0.0227. The Morgan fingerprint density at radius 3 is 2.79 bits per heavy atom. The van der Waals surface area contributed by atoms with Crippen LogP contribution in [0.15, 0.2) is 34.6 Å². The van der Waals surface area contributed by atoms with Crippen LogP contribution in [0.2, 0.25) is 0 Å². The van der Waals surface area contributed by atoms with Gasteiger partial charge in [0.1, 0.15) is 23.5 Å². The Kier molecular flexibility index (Phi) is 11.4. The average molecular weight is 518 g/mol. The van der Waals surface area contributed by atoms with Gasteiger partial charge in [0.15, 0.2) is 5.96 Å². The van der Waals surface area contributed by atoms with Crippen LogP contribution in [0.5, 0.6) is 5.75 Å². The summed E-state index contributed by atoms with van der Waals surface area (Å²) in [5.41, 5.74) is 2.15. The zero-order valence-electron chi connectivity index (χ0n) is 17.3. The van der Waals surface area contributed by atoms with Gasteiger partial charge in [0.2, 0.25) is 0 Å². The highest BCUT2D eigenvalue weighted by Crippen LogP contribution is 2.21. The lowest BCUT2D eigenvalue weighted by Crippen LogP contribution is -2.38. The fourth-order valence-corrected chi connectivity index (χ4v) is 3.34. The molecule has 0 amide bonds. The summed E-state index contributed by atoms with van der Waals surface area (Å²) in [5, 5.41) is 6.40. The third kappa shape index (κ3) is 7.56. The molecular formula is C20H31IN4O2S. The molecule has 0 radical (unpaired) electrons. The van der Waals surface area contributed by atoms with Crippen LogP contribution in [0.4, 0.5) is 0 Å². The highest BCUT2D eigenvalue weighted by atomic mass is 127. The molecule has 1 atom stereocenters. The van der Waals surface area contributed by atoms with E-state index >= 15 is 0 Å². The number of aliphatic imine (C=N–C) groups is 1. The van der Waals surface area contributed by atoms with Gasteiger partial charge in [-0.25, -0.2) is 9.98 Å². The van der Waals surface area contributed by atoms with Crippen LogP contribution in [0.25, 0.3) is 0 Å². The first-order valence-electron chi connectivity index (χ1n) is 9.20. The molecule has 1 N–H and O–H groups in total. The van der Waals surface area contributed by atoms with E-state index < -0.39 is 0 Å². The average Bonchev–Trinajstić information content (AvgIpc) is 3.13. The van der Waals surface area contributed by atoms with Crippen molar-refractivity contribution in [3.8, 4) is 5.75 Å². The van der Waals surface area contributed by atoms with Crippen molar-refractivity contribution < 1.29 is 9.47 Å². The molecule has 2 aromatic rings. The topological polar surface area (TPSA) is 59.0 Å². The Morgan fingerprint density at radius 1 is 1.36 bits per heavy atom. The molecule has 28 heavy (non-hydrogen) atoms. The lowest BCUT2D eigenvalue weighted by Gasteiger charge is -2.21. The number of benzene rings is 1. The van der Waals surface area contributed by atoms with E-state index in [1.807, 2.05) is 45.2 Å². The number of hydrogen-bond acceptors (Lipinski definition) is 5. The molecule has 1 aromatic carbocycles. The van der Waals surface area contributed by atoms with Gasteiger partial charge in [0.25, 0.3) is 0 Å². The lowest BCUT2D eigenvalue weighted by molar-refractivity contribution is 0.119. The van der Waals surface area contributed by atoms with Crippen LogP contribution in [-0.4, -0.2) is 49.7 Å². The first kappa shape index (κ1) is 24.6. The predicted octanol–water partition coefficient (Wildman–Crippen LogP) is 4.25. The van der Waals surface area contributed by atoms with E-state index in [4.69, 9.17) is 9.47 Å². The summed E-state index contributed by atoms with van der Waals surface area (Å²) in [4.78, 5) is 11.4. The molecule has 0 aliphatic carbocycles. The smallest absolute Gasteiger partial charge is 0.194 e. The number of nitrogens with one attached hydrogen (secondary N) is 1. The van der Waals surface area contributed by atoms with Crippen molar-refractivity contribution >= 4 is 41.3 Å². The minimum atomic E-state index is 0. The number of nitrogens with zero attached hydrogens (tertiary/aromatic N) is 3. The number of methoxy groups -OCH3 is 1. The zero-order chi connectivity index (χ0) is 19.6. The van der Waals surface area contributed by atoms with E-state index in [9.17, 15) is 0 Å². The molecule has 0 saturated carbocycles. The van der Waals surface area contributed by atoms with Crippen molar-refractivity contribution in [2.24, 2.45) is 4.99 Å². The summed E-state index contributed by atoms with van der Waals surface area (Å²) >= 11 is 1.63. The van der Waals surface area contributed by atoms with Gasteiger partial charge in [-0.1, -0.05) is 18.2 Å². The van der Waals surface area contributed by atoms with E-state index in [0.717, 1.165) is 34.5 Å². The molecule has 6 nitrogen and oxygen atoms in total. The Balaban J connectivity index is 0.00000392. The third-order valence-corrected chi connectivity index (χ3v) is 5.13. The summed E-state index contributed by atoms with van der Waals surface area (Å²) in [7, 11) is 3.72. The fourth-order valence-electron chi connectivity index (χ4n) is 2.50. The second kappa shape index (κ2) is 12.9. The molecular weight excluding hydrogens is 487 g/mol. The van der Waals surface area contributed by atoms with Crippen molar-refractivity contribution in [3.05, 3.63) is 45.9 Å². The molecule has 8 heteroatoms. The standard InChI is InChI=1S/C20H30N4O2S.HI/c1-6-21-20(22-11-12-26-18-10-8-7-9-15(18)2)24(4)13-17-14-27-19(23-17)16(3)25-5;/h7-10,14,16H,6,11-13H2,1-5H3,(H,21,22);1H. The van der Waals surface area contributed by atoms with Gasteiger partial charge < -0.3 is 19.7 Å². The number of ether oxygens (including phenoxy) is 2. The molecule has 0 fully saturated rings. The van der Waals surface area contributed by atoms with E-state index in [-0.39, 0.29) is 30.1 Å². The molecule has 0 aliphatic rings. The van der Waals surface area contributed by atoms with Gasteiger partial charge >= 0.3 is 0 Å². The van der Waals surface area contributed by atoms with Crippen LogP contribution < -0.4 is 10.1 Å². The van der Waals surface area contributed by atoms with E-state index in [0.29, 0.717) is 19.7 Å². The van der Waals surface area contributed by atoms with Gasteiger partial charge in [-0.3, -0.25) is 0 Å². The lowest BCUT2D eigenvalue weighted by atomic mass is 10.2. The fraction of sp³-hybridized carbons (Fsp3) is 0.500. The van der Waals surface area contributed by atoms with Crippen molar-refractivity contribution in [1.29, 1.82) is 0 Å². The van der Waals surface area contributed by atoms with Crippen LogP contribution in [0.3, 0.4) is 0 Å². The third-order valence-electron chi connectivity index (χ3n) is 4.07. The highest BCUT2D eigenvalue weighted by Gasteiger charge is 2.12. The van der Waals surface area contributed by atoms with E-state index in [1.165, 1.54) is 0 Å². The predicted molar refractivity (Wildman–Crippen MR) is 127 cm³/mol. The maximum absolute atomic E-state index is 5.83. The van der Waals surface area contributed by atoms with Crippen LogP contribution >= 0.6 is 35.3 Å². The molecule has 0 aliphatic heterocycles. The number of aryl methyl sites for hydroxylation is 1. The van der Waals surface area contributed by atoms with E-state index in [1.54, 1.807) is 18.4 Å². The number of guanidine groups is 1. The normalized spacial score (nSPS) is 12.2. The maximum Gasteiger partial charge on any atom is 0.194 e. The molecule has 0 bridgehead atoms. The molecule has 1 unspecified atom stereocenters. The first-order valence-corrected chi connectivity index (χ1v) is 10.1. The van der Waals surface area contributed by atoms with Gasteiger partial charge in [-0.15, -0.1) is 35.3 Å². The quantitative estimate of drug-likeness (QED) is 0.233. The SMILES string of the molecule is CCNC(=NCCOc1ccccc1C)N(C)Cc1csc(C(C)OC)n1.I. The van der Waals surface area contributed by atoms with Gasteiger partial charge in [0.05, 0.1) is 18.8 Å². The minimum absolute atomic E-state index is 0. The van der Waals surface area contributed by atoms with Crippen LogP contribution in [0.1, 0.15) is 36.2 Å². The highest BCUT2D eigenvalue weighted by molar-refractivity contribution is 14.0. The number of rotatable bonds is 9. The maximum atomic E-state index is 5.83. The zero-order valence-corrected chi connectivity index (χ0v) is 20.4. The number of hydrogen-bond donors (Lipinski definition) is 1. The van der Waals surface area contributed by atoms with Gasteiger partial charge in [-0.2, -0.15) is 0 Å². The summed E-state index contributed by atoms with van der Waals surface area (Å²) < 4.78 is 11.2. The molecule has 1 aromatic heterocycles. The second-order valence-corrected chi connectivity index (χ2v) is 7.15. The Morgan fingerprint density at radius 2 is 2.11 bits per heavy atom. The van der Waals surface area contributed by atoms with Gasteiger partial charge in [-0.05, 0) is 32.4 Å². The summed E-state index contributed by atoms with van der Waals surface area (Å²) in [6.45, 7) is 8.75. The Hall–Kier alpha value is -1.39. The Labute approximate surface area is 189 Å².